The molecule has 0 spiro atoms. The summed E-state index contributed by atoms with van der Waals surface area (Å²) in [6.45, 7) is 5.74. The van der Waals surface area contributed by atoms with Crippen LogP contribution in [-0.4, -0.2) is 194 Å². The molecule has 12 atom stereocenters. The smallest absolute Gasteiger partial charge is 0.247 e. The van der Waals surface area contributed by atoms with E-state index in [1.165, 1.54) is 17.4 Å². The van der Waals surface area contributed by atoms with Crippen molar-refractivity contribution < 1.29 is 57.5 Å². The second kappa shape index (κ2) is 42.7. The number of allylic oxidation sites excluding steroid dienone is 1. The molecule has 2 aromatic carbocycles. The number of aliphatic imine (C=N–C) groups is 2. The highest BCUT2D eigenvalue weighted by Crippen LogP contribution is 2.42. The third-order valence-electron chi connectivity index (χ3n) is 20.5. The normalized spacial score (nSPS) is 26.0. The molecule has 8 rings (SSSR count). The van der Waals surface area contributed by atoms with Crippen LogP contribution in [0.3, 0.4) is 0 Å². The minimum atomic E-state index is -1.57. The van der Waals surface area contributed by atoms with Crippen molar-refractivity contribution in [3.63, 3.8) is 0 Å². The predicted molar refractivity (Wildman–Crippen MR) is 419 cm³/mol. The summed E-state index contributed by atoms with van der Waals surface area (Å²) in [7, 11) is 2.22. The standard InChI is InChI=1S/C77H110N18O12S2/c1-46-34-64(97)51-39-65(98)49(36-50-42-86-55-23-8-7-22-54(50)55)38-66(99)59(40-52-21-15-31-84-52)91-72(104)60(35-47-18-5-4-6-19-47)92-73(105)61(41-53-43-83-45-87-53)93-74(106)62-27-17-33-95(62)75(107)67(77(2,3)109-108-44-51)94-71(103)58(26-16-32-85-76(81)82)90-70(102)57(25-11-14-30-80)89-69(101)56(24-10-13-29-79)88-68(100)48(37-63(46)96)20-9-12-28-78/h4-8,18-19,21-23,31,42-43,45-46,48-49,51,56-62,67,86H,9-17,20,24-30,32-41,44,78-80H2,1-3H3,(H,83,87)(H,88,100)(H,89,101)(H,90,102)(H,91,104)(H,92,105)(H,93,106)(H,94,103)(H4,81,82,85)/t46-,48-,49-,51+,56+,57+,58+,59+,60-,61+,62+,67-/m1/s1. The number of carbonyl (C=O) groups excluding carboxylic acids is 12. The quantitative estimate of drug-likeness (QED) is 0.0207. The van der Waals surface area contributed by atoms with E-state index < -0.39 is 166 Å². The van der Waals surface area contributed by atoms with E-state index in [2.05, 4.69) is 62.2 Å². The van der Waals surface area contributed by atoms with E-state index >= 15 is 43.2 Å². The Kier molecular flexibility index (Phi) is 33.5. The Morgan fingerprint density at radius 3 is 1.81 bits per heavy atom. The van der Waals surface area contributed by atoms with Gasteiger partial charge in [-0.1, -0.05) is 89.5 Å². The van der Waals surface area contributed by atoms with Gasteiger partial charge >= 0.3 is 0 Å². The number of hydrogen-bond donors (Lipinski definition) is 14. The number of guanidine groups is 1. The average molecular weight is 1540 g/mol. The second-order valence-electron chi connectivity index (χ2n) is 29.4. The van der Waals surface area contributed by atoms with E-state index in [1.807, 2.05) is 30.3 Å². The van der Waals surface area contributed by atoms with E-state index in [0.29, 0.717) is 80.4 Å². The summed E-state index contributed by atoms with van der Waals surface area (Å²) >= 11 is 0. The molecule has 3 saturated heterocycles. The first-order valence-electron chi connectivity index (χ1n) is 38.1. The van der Waals surface area contributed by atoms with E-state index in [1.54, 1.807) is 63.5 Å². The summed E-state index contributed by atoms with van der Waals surface area (Å²) < 4.78 is -1.43. The van der Waals surface area contributed by atoms with Gasteiger partial charge in [-0.25, -0.2) is 4.98 Å². The lowest BCUT2D eigenvalue weighted by Crippen LogP contribution is -2.63. The van der Waals surface area contributed by atoms with Crippen molar-refractivity contribution >= 4 is 115 Å². The first-order valence-corrected chi connectivity index (χ1v) is 40.5. The molecule has 4 aromatic rings. The fourth-order valence-corrected chi connectivity index (χ4v) is 17.2. The van der Waals surface area contributed by atoms with Crippen LogP contribution < -0.4 is 65.9 Å². The molecule has 109 heavy (non-hydrogen) atoms. The maximum Gasteiger partial charge on any atom is 0.247 e. The topological polar surface area (TPSA) is 492 Å². The maximum absolute atomic E-state index is 16.0. The maximum atomic E-state index is 16.0. The molecule has 0 aliphatic carbocycles. The Morgan fingerprint density at radius 2 is 1.17 bits per heavy atom. The van der Waals surface area contributed by atoms with Gasteiger partial charge in [0.05, 0.1) is 12.4 Å². The van der Waals surface area contributed by atoms with Gasteiger partial charge in [-0.2, -0.15) is 0 Å². The van der Waals surface area contributed by atoms with Gasteiger partial charge in [0.1, 0.15) is 59.6 Å². The SMILES string of the molecule is C[C@@H]1CC(=O)[C@@H]2CSSC(C)(C)[C@H](NC(=O)[C@H](CCCN=C(N)N)NC(=O)[C@H](CCCCN)NC(=O)[C@H](CCCCN)NC(=O)[C@H](CCCCN)CC1=O)C(=O)N1CCC[C@H]1C(=O)N[C@@H](Cc1cnc[nH]1)C(=O)N[C@H](Cc1ccccc1)C(=O)N[C@@H](CC1=CCC=N1)C(=O)C[C@@H](Cc1c[nH]c3ccccc13)C(=O)C2. The molecule has 6 heterocycles. The van der Waals surface area contributed by atoms with Crippen LogP contribution in [0, 0.1) is 23.7 Å². The van der Waals surface area contributed by atoms with Crippen molar-refractivity contribution in [2.24, 2.45) is 62.3 Å². The van der Waals surface area contributed by atoms with Crippen LogP contribution in [0.5, 0.6) is 0 Å². The molecule has 30 nitrogen and oxygen atoms in total. The number of imidazole rings is 1. The Hall–Kier alpha value is -9.11. The molecule has 19 N–H and O–H groups in total. The molecule has 32 heteroatoms. The first kappa shape index (κ1) is 85.5. The molecule has 0 radical (unpaired) electrons. The van der Waals surface area contributed by atoms with Crippen LogP contribution in [0.25, 0.3) is 10.9 Å². The largest absolute Gasteiger partial charge is 0.370 e. The van der Waals surface area contributed by atoms with Crippen LogP contribution in [0.4, 0.5) is 0 Å². The van der Waals surface area contributed by atoms with E-state index in [-0.39, 0.29) is 109 Å². The van der Waals surface area contributed by atoms with Crippen LogP contribution in [-0.2, 0) is 76.8 Å². The number of nitrogens with two attached hydrogens (primary N) is 5. The molecular weight excluding hydrogens is 1430 g/mol. The minimum Gasteiger partial charge on any atom is -0.370 e. The van der Waals surface area contributed by atoms with E-state index in [4.69, 9.17) is 28.7 Å². The lowest BCUT2D eigenvalue weighted by molar-refractivity contribution is -0.143. The molecule has 2 aromatic heterocycles. The van der Waals surface area contributed by atoms with E-state index in [9.17, 15) is 14.4 Å². The monoisotopic (exact) mass is 1540 g/mol. The third-order valence-corrected chi connectivity index (χ3v) is 23.9. The molecule has 3 fully saturated rings. The number of unbranched alkanes of at least 4 members (excludes halogenated alkanes) is 3. The summed E-state index contributed by atoms with van der Waals surface area (Å²) in [5.41, 5.74) is 32.3. The number of rotatable bonds is 24. The Morgan fingerprint density at radius 1 is 0.578 bits per heavy atom. The number of aromatic nitrogens is 3. The van der Waals surface area contributed by atoms with Gasteiger partial charge < -0.3 is 80.8 Å². The van der Waals surface area contributed by atoms with Crippen LogP contribution >= 0.6 is 21.6 Å². The predicted octanol–water partition coefficient (Wildman–Crippen LogP) is 3.00. The molecule has 0 unspecified atom stereocenters. The van der Waals surface area contributed by atoms with Gasteiger partial charge in [-0.05, 0) is 134 Å². The summed E-state index contributed by atoms with van der Waals surface area (Å²) in [5.74, 6) is -12.8. The number of fused-ring (bicyclic) bond motifs is 7. The number of hydrogen-bond acceptors (Lipinski definition) is 20. The molecular formula is C77H110N18O12S2. The van der Waals surface area contributed by atoms with Gasteiger partial charge in [0, 0.05) is 140 Å². The summed E-state index contributed by atoms with van der Waals surface area (Å²) in [5, 5.41) is 21.1. The highest BCUT2D eigenvalue weighted by Gasteiger charge is 2.47. The lowest BCUT2D eigenvalue weighted by atomic mass is 9.82. The number of nitrogens with zero attached hydrogens (tertiary/aromatic N) is 4. The van der Waals surface area contributed by atoms with Crippen molar-refractivity contribution in [1.29, 1.82) is 0 Å². The van der Waals surface area contributed by atoms with Crippen molar-refractivity contribution in [2.75, 3.05) is 38.5 Å². The minimum absolute atomic E-state index is 0.00254. The number of nitrogens with one attached hydrogen (secondary N) is 9. The fourth-order valence-electron chi connectivity index (χ4n) is 14.2. The van der Waals surface area contributed by atoms with Crippen molar-refractivity contribution in [1.82, 2.24) is 57.1 Å². The highest BCUT2D eigenvalue weighted by atomic mass is 33.1. The van der Waals surface area contributed by atoms with Crippen molar-refractivity contribution in [3.8, 4) is 0 Å². The molecule has 4 aliphatic heterocycles. The Labute approximate surface area is 644 Å². The zero-order valence-corrected chi connectivity index (χ0v) is 64.3. The molecule has 0 saturated carbocycles. The number of aromatic amines is 2. The lowest BCUT2D eigenvalue weighted by Gasteiger charge is -2.38. The second-order valence-corrected chi connectivity index (χ2v) is 32.4. The van der Waals surface area contributed by atoms with Crippen molar-refractivity contribution in [3.05, 3.63) is 102 Å². The summed E-state index contributed by atoms with van der Waals surface area (Å²) in [6, 6.07) is 5.29. The van der Waals surface area contributed by atoms with Crippen LogP contribution in [0.2, 0.25) is 0 Å². The molecule has 592 valence electrons. The Balaban J connectivity index is 1.29. The van der Waals surface area contributed by atoms with Gasteiger partial charge in [0.2, 0.25) is 47.3 Å². The summed E-state index contributed by atoms with van der Waals surface area (Å²) in [6.07, 6.45) is 9.78. The zero-order valence-electron chi connectivity index (χ0n) is 62.7. The number of benzene rings is 2. The fraction of sp³-hybridized carbons (Fsp3) is 0.571. The Bertz CT molecular complexity index is 3880. The molecule has 8 amide bonds. The molecule has 2 bridgehead atoms. The molecule has 4 aliphatic rings. The van der Waals surface area contributed by atoms with Crippen molar-refractivity contribution in [2.45, 2.75) is 215 Å². The number of para-hydroxylation sites is 1. The zero-order chi connectivity index (χ0) is 78.6. The van der Waals surface area contributed by atoms with Gasteiger partial charge in [0.15, 0.2) is 11.7 Å². The first-order chi connectivity index (χ1) is 52.4. The third kappa shape index (κ3) is 25.7. The number of amides is 8. The number of ketones is 4. The van der Waals surface area contributed by atoms with Gasteiger partial charge in [-0.15, -0.1) is 0 Å². The van der Waals surface area contributed by atoms with Crippen LogP contribution in [0.15, 0.2) is 95.1 Å². The average Bonchev–Trinajstić information content (AvgIpc) is 1.71. The van der Waals surface area contributed by atoms with Gasteiger partial charge in [-0.3, -0.25) is 67.5 Å². The van der Waals surface area contributed by atoms with Gasteiger partial charge in [0.25, 0.3) is 0 Å². The number of H-pyrrole nitrogens is 2. The number of carbonyl (C=O) groups is 12. The van der Waals surface area contributed by atoms with Crippen LogP contribution in [0.1, 0.15) is 160 Å². The summed E-state index contributed by atoms with van der Waals surface area (Å²) in [4.78, 5) is 204. The number of Topliss-reactive ketones (excluding diaryl/α,β-unsaturated/α-hetero) is 4. The van der Waals surface area contributed by atoms with E-state index in [0.717, 1.165) is 32.5 Å². The highest BCUT2D eigenvalue weighted by molar-refractivity contribution is 8.77.